The number of hydrogen-bond donors (Lipinski definition) is 1. The molecule has 3 aromatic rings. The predicted octanol–water partition coefficient (Wildman–Crippen LogP) is 3.60. The highest BCUT2D eigenvalue weighted by Gasteiger charge is 2.46. The minimum atomic E-state index is -0.750. The van der Waals surface area contributed by atoms with E-state index in [1.165, 1.54) is 11.2 Å². The van der Waals surface area contributed by atoms with Crippen LogP contribution in [0.2, 0.25) is 0 Å². The van der Waals surface area contributed by atoms with E-state index in [9.17, 15) is 14.7 Å². The maximum Gasteiger partial charge on any atom is 0.296 e. The molecule has 4 rings (SSSR count). The zero-order valence-corrected chi connectivity index (χ0v) is 15.2. The predicted molar refractivity (Wildman–Crippen MR) is 102 cm³/mol. The van der Waals surface area contributed by atoms with Crippen molar-refractivity contribution in [1.29, 1.82) is 0 Å². The zero-order chi connectivity index (χ0) is 19.7. The number of aryl methyl sites for hydroxylation is 1. The van der Waals surface area contributed by atoms with Crippen LogP contribution in [-0.2, 0) is 16.1 Å². The summed E-state index contributed by atoms with van der Waals surface area (Å²) >= 11 is 0. The molecule has 1 aliphatic heterocycles. The number of ketones is 1. The molecule has 0 bridgehead atoms. The third-order valence-corrected chi connectivity index (χ3v) is 4.77. The summed E-state index contributed by atoms with van der Waals surface area (Å²) in [5.74, 6) is -1.06. The van der Waals surface area contributed by atoms with Crippen molar-refractivity contribution in [2.45, 2.75) is 19.5 Å². The van der Waals surface area contributed by atoms with E-state index in [4.69, 9.17) is 4.42 Å². The lowest BCUT2D eigenvalue weighted by Crippen LogP contribution is -2.29. The number of hydrogen-bond acceptors (Lipinski definition) is 5. The van der Waals surface area contributed by atoms with Crippen LogP contribution in [0.5, 0.6) is 0 Å². The van der Waals surface area contributed by atoms with Gasteiger partial charge in [-0.25, -0.2) is 0 Å². The molecular formula is C22H18N2O4. The summed E-state index contributed by atoms with van der Waals surface area (Å²) in [6.07, 6.45) is 4.72. The first-order chi connectivity index (χ1) is 13.6. The summed E-state index contributed by atoms with van der Waals surface area (Å²) in [5.41, 5.74) is 2.20. The van der Waals surface area contributed by atoms with Gasteiger partial charge in [-0.2, -0.15) is 0 Å². The van der Waals surface area contributed by atoms with Crippen molar-refractivity contribution in [3.8, 4) is 0 Å². The third-order valence-electron chi connectivity index (χ3n) is 4.77. The van der Waals surface area contributed by atoms with Crippen LogP contribution in [0.15, 0.2) is 77.2 Å². The number of aromatic nitrogens is 1. The molecule has 0 spiro atoms. The normalized spacial score (nSPS) is 18.6. The number of pyridine rings is 1. The minimum Gasteiger partial charge on any atom is -0.507 e. The summed E-state index contributed by atoms with van der Waals surface area (Å²) in [6, 6.07) is 13.3. The van der Waals surface area contributed by atoms with Gasteiger partial charge in [-0.3, -0.25) is 14.6 Å². The molecule has 1 fully saturated rings. The average Bonchev–Trinajstić information content (AvgIpc) is 3.31. The fourth-order valence-corrected chi connectivity index (χ4v) is 3.36. The van der Waals surface area contributed by atoms with Gasteiger partial charge in [0.15, 0.2) is 0 Å². The summed E-state index contributed by atoms with van der Waals surface area (Å²) < 4.78 is 5.36. The van der Waals surface area contributed by atoms with E-state index in [1.54, 1.807) is 48.8 Å². The Hall–Kier alpha value is -3.67. The first-order valence-corrected chi connectivity index (χ1v) is 8.84. The molecule has 6 heteroatoms. The molecule has 0 saturated carbocycles. The molecule has 0 unspecified atom stereocenters. The quantitative estimate of drug-likeness (QED) is 0.428. The molecule has 1 aromatic carbocycles. The molecule has 140 valence electrons. The number of amides is 1. The molecule has 1 N–H and O–H groups in total. The molecule has 0 radical (unpaired) electrons. The molecule has 2 aromatic heterocycles. The van der Waals surface area contributed by atoms with E-state index in [0.29, 0.717) is 16.9 Å². The lowest BCUT2D eigenvalue weighted by atomic mass is 9.96. The van der Waals surface area contributed by atoms with Crippen molar-refractivity contribution < 1.29 is 19.1 Å². The monoisotopic (exact) mass is 374 g/mol. The maximum atomic E-state index is 12.8. The van der Waals surface area contributed by atoms with Gasteiger partial charge in [-0.15, -0.1) is 0 Å². The molecule has 3 heterocycles. The van der Waals surface area contributed by atoms with E-state index in [1.807, 2.05) is 19.1 Å². The average molecular weight is 374 g/mol. The van der Waals surface area contributed by atoms with Gasteiger partial charge >= 0.3 is 0 Å². The second-order valence-corrected chi connectivity index (χ2v) is 6.66. The zero-order valence-electron chi connectivity index (χ0n) is 15.2. The molecule has 28 heavy (non-hydrogen) atoms. The van der Waals surface area contributed by atoms with Crippen molar-refractivity contribution in [2.24, 2.45) is 0 Å². The Morgan fingerprint density at radius 1 is 1.14 bits per heavy atom. The van der Waals surface area contributed by atoms with E-state index in [2.05, 4.69) is 4.98 Å². The van der Waals surface area contributed by atoms with Crippen molar-refractivity contribution in [1.82, 2.24) is 9.88 Å². The molecule has 0 aliphatic carbocycles. The fraction of sp³-hybridized carbons (Fsp3) is 0.136. The standard InChI is InChI=1S/C22H18N2O4/c1-14-6-8-15(9-7-14)20(25)18-19(16-4-2-10-23-12-16)24(22(27)21(18)26)13-17-5-3-11-28-17/h2-12,19,25H,13H2,1H3/t19-/m0/s1. The Kier molecular flexibility index (Phi) is 4.53. The van der Waals surface area contributed by atoms with Gasteiger partial charge in [0.05, 0.1) is 24.4 Å². The van der Waals surface area contributed by atoms with Gasteiger partial charge in [0, 0.05) is 18.0 Å². The van der Waals surface area contributed by atoms with Crippen LogP contribution in [0, 0.1) is 6.92 Å². The number of Topliss-reactive ketones (excluding diaryl/α,β-unsaturated/α-hetero) is 1. The number of furan rings is 1. The highest BCUT2D eigenvalue weighted by atomic mass is 16.3. The Morgan fingerprint density at radius 3 is 2.57 bits per heavy atom. The Morgan fingerprint density at radius 2 is 1.93 bits per heavy atom. The lowest BCUT2D eigenvalue weighted by molar-refractivity contribution is -0.140. The van der Waals surface area contributed by atoms with E-state index in [0.717, 1.165) is 5.56 Å². The fourth-order valence-electron chi connectivity index (χ4n) is 3.36. The largest absolute Gasteiger partial charge is 0.507 e. The van der Waals surface area contributed by atoms with Crippen molar-refractivity contribution in [2.75, 3.05) is 0 Å². The first kappa shape index (κ1) is 17.7. The summed E-state index contributed by atoms with van der Waals surface area (Å²) in [6.45, 7) is 2.05. The van der Waals surface area contributed by atoms with Crippen LogP contribution >= 0.6 is 0 Å². The summed E-state index contributed by atoms with van der Waals surface area (Å²) in [4.78, 5) is 31.1. The smallest absolute Gasteiger partial charge is 0.296 e. The van der Waals surface area contributed by atoms with Crippen LogP contribution < -0.4 is 0 Å². The van der Waals surface area contributed by atoms with Crippen molar-refractivity contribution in [3.05, 3.63) is 95.2 Å². The second-order valence-electron chi connectivity index (χ2n) is 6.66. The van der Waals surface area contributed by atoms with Crippen LogP contribution in [0.1, 0.15) is 28.5 Å². The molecule has 1 aliphatic rings. The minimum absolute atomic E-state index is 0.0495. The number of rotatable bonds is 4. The maximum absolute atomic E-state index is 12.8. The van der Waals surface area contributed by atoms with E-state index < -0.39 is 17.7 Å². The Bertz CT molecular complexity index is 1040. The number of aliphatic hydroxyl groups excluding tert-OH is 1. The van der Waals surface area contributed by atoms with E-state index >= 15 is 0 Å². The summed E-state index contributed by atoms with van der Waals surface area (Å²) in [5, 5.41) is 10.9. The third kappa shape index (κ3) is 3.09. The van der Waals surface area contributed by atoms with Gasteiger partial charge < -0.3 is 14.4 Å². The van der Waals surface area contributed by atoms with Gasteiger partial charge in [0.2, 0.25) is 0 Å². The van der Waals surface area contributed by atoms with Crippen LogP contribution in [0.3, 0.4) is 0 Å². The van der Waals surface area contributed by atoms with Gasteiger partial charge in [0.25, 0.3) is 11.7 Å². The van der Waals surface area contributed by atoms with Gasteiger partial charge in [-0.1, -0.05) is 35.9 Å². The topological polar surface area (TPSA) is 83.6 Å². The second kappa shape index (κ2) is 7.15. The van der Waals surface area contributed by atoms with Crippen molar-refractivity contribution in [3.63, 3.8) is 0 Å². The molecular weight excluding hydrogens is 356 g/mol. The molecule has 1 amide bonds. The number of benzene rings is 1. The number of carbonyl (C=O) groups excluding carboxylic acids is 2. The molecule has 6 nitrogen and oxygen atoms in total. The van der Waals surface area contributed by atoms with Gasteiger partial charge in [-0.05, 0) is 30.7 Å². The van der Waals surface area contributed by atoms with Crippen LogP contribution in [0.4, 0.5) is 0 Å². The highest BCUT2D eigenvalue weighted by molar-refractivity contribution is 6.46. The number of nitrogens with zero attached hydrogens (tertiary/aromatic N) is 2. The first-order valence-electron chi connectivity index (χ1n) is 8.84. The number of carbonyl (C=O) groups is 2. The number of likely N-dealkylation sites (tertiary alicyclic amines) is 1. The number of aliphatic hydroxyl groups is 1. The lowest BCUT2D eigenvalue weighted by Gasteiger charge is -2.24. The van der Waals surface area contributed by atoms with Gasteiger partial charge in [0.1, 0.15) is 11.5 Å². The van der Waals surface area contributed by atoms with Crippen LogP contribution in [-0.4, -0.2) is 26.7 Å². The SMILES string of the molecule is Cc1ccc(C(O)=C2C(=O)C(=O)N(Cc3ccco3)[C@H]2c2cccnc2)cc1. The van der Waals surface area contributed by atoms with Crippen LogP contribution in [0.25, 0.3) is 5.76 Å². The molecule has 1 saturated heterocycles. The van der Waals surface area contributed by atoms with Crippen molar-refractivity contribution >= 4 is 17.4 Å². The summed E-state index contributed by atoms with van der Waals surface area (Å²) in [7, 11) is 0. The Balaban J connectivity index is 1.85. The van der Waals surface area contributed by atoms with E-state index in [-0.39, 0.29) is 17.9 Å². The highest BCUT2D eigenvalue weighted by Crippen LogP contribution is 2.40. The molecule has 1 atom stereocenters. The Labute approximate surface area is 161 Å².